The molecule has 0 fully saturated rings. The van der Waals surface area contributed by atoms with Gasteiger partial charge in [-0.05, 0) is 22.8 Å². The second-order valence-electron chi connectivity index (χ2n) is 7.26. The van der Waals surface area contributed by atoms with E-state index in [0.29, 0.717) is 0 Å². The maximum atomic E-state index is 5.06. The largest absolute Gasteiger partial charge is 0.337 e. The first-order valence-corrected chi connectivity index (χ1v) is 10.1. The molecule has 1 aromatic heterocycles. The second-order valence-corrected chi connectivity index (χ2v) is 7.26. The van der Waals surface area contributed by atoms with Crippen molar-refractivity contribution in [2.24, 2.45) is 0 Å². The highest BCUT2D eigenvalue weighted by Crippen LogP contribution is 2.35. The molecule has 0 radical (unpaired) electrons. The molecule has 29 heavy (non-hydrogen) atoms. The zero-order chi connectivity index (χ0) is 19.6. The normalized spacial score (nSPS) is 11.1. The first kappa shape index (κ1) is 17.4. The highest BCUT2D eigenvalue weighted by atomic mass is 14.9. The summed E-state index contributed by atoms with van der Waals surface area (Å²) in [5.41, 5.74) is 6.76. The number of imidazole rings is 1. The Balaban J connectivity index is 1.73. The number of fused-ring (bicyclic) bond motifs is 1. The van der Waals surface area contributed by atoms with E-state index in [1.165, 1.54) is 16.3 Å². The summed E-state index contributed by atoms with van der Waals surface area (Å²) in [5.74, 6) is 0.901. The van der Waals surface area contributed by atoms with Crippen molar-refractivity contribution in [2.45, 2.75) is 13.3 Å². The van der Waals surface area contributed by atoms with Crippen LogP contribution in [0.4, 0.5) is 0 Å². The fourth-order valence-electron chi connectivity index (χ4n) is 3.88. The van der Waals surface area contributed by atoms with E-state index in [1.54, 1.807) is 0 Å². The molecule has 4 aromatic carbocycles. The van der Waals surface area contributed by atoms with Gasteiger partial charge in [0.05, 0.1) is 11.4 Å². The lowest BCUT2D eigenvalue weighted by Gasteiger charge is -2.06. The van der Waals surface area contributed by atoms with Gasteiger partial charge in [0.1, 0.15) is 5.82 Å². The van der Waals surface area contributed by atoms with Crippen LogP contribution >= 0.6 is 0 Å². The van der Waals surface area contributed by atoms with Crippen molar-refractivity contribution >= 4 is 10.8 Å². The lowest BCUT2D eigenvalue weighted by molar-refractivity contribution is 1.15. The SMILES string of the molecule is CCc1ccc2c(-c3nc(-c4ccccc4)c(-c4ccccc4)[nH]3)cccc2c1. The van der Waals surface area contributed by atoms with Crippen LogP contribution in [0, 0.1) is 0 Å². The van der Waals surface area contributed by atoms with Crippen molar-refractivity contribution in [3.8, 4) is 33.9 Å². The second kappa shape index (κ2) is 7.40. The van der Waals surface area contributed by atoms with Gasteiger partial charge in [-0.15, -0.1) is 0 Å². The summed E-state index contributed by atoms with van der Waals surface area (Å²) in [6.45, 7) is 2.19. The Kier molecular flexibility index (Phi) is 4.45. The molecular weight excluding hydrogens is 352 g/mol. The first-order chi connectivity index (χ1) is 14.3. The highest BCUT2D eigenvalue weighted by Gasteiger charge is 2.16. The van der Waals surface area contributed by atoms with Crippen molar-refractivity contribution in [3.63, 3.8) is 0 Å². The molecule has 0 spiro atoms. The maximum absolute atomic E-state index is 5.06. The molecule has 0 atom stereocenters. The van der Waals surface area contributed by atoms with Gasteiger partial charge >= 0.3 is 0 Å². The van der Waals surface area contributed by atoms with Gasteiger partial charge in [0.2, 0.25) is 0 Å². The van der Waals surface area contributed by atoms with Gasteiger partial charge in [-0.25, -0.2) is 4.98 Å². The predicted molar refractivity (Wildman–Crippen MR) is 122 cm³/mol. The number of aromatic amines is 1. The number of aromatic nitrogens is 2. The number of rotatable bonds is 4. The smallest absolute Gasteiger partial charge is 0.139 e. The minimum atomic E-state index is 0.901. The molecule has 140 valence electrons. The van der Waals surface area contributed by atoms with E-state index in [-0.39, 0.29) is 0 Å². The van der Waals surface area contributed by atoms with E-state index < -0.39 is 0 Å². The molecule has 1 N–H and O–H groups in total. The number of hydrogen-bond donors (Lipinski definition) is 1. The Hall–Kier alpha value is -3.65. The molecular formula is C27H22N2. The monoisotopic (exact) mass is 374 g/mol. The average molecular weight is 374 g/mol. The van der Waals surface area contributed by atoms with E-state index in [0.717, 1.165) is 40.3 Å². The number of benzene rings is 4. The standard InChI is InChI=1S/C27H22N2/c1-2-19-16-17-23-22(18-19)14-9-15-24(23)27-28-25(20-10-5-3-6-11-20)26(29-27)21-12-7-4-8-13-21/h3-18H,2H2,1H3,(H,28,29). The highest BCUT2D eigenvalue weighted by molar-refractivity contribution is 5.96. The molecule has 0 amide bonds. The van der Waals surface area contributed by atoms with Crippen LogP contribution in [0.5, 0.6) is 0 Å². The van der Waals surface area contributed by atoms with E-state index in [2.05, 4.69) is 96.8 Å². The van der Waals surface area contributed by atoms with Gasteiger partial charge < -0.3 is 4.98 Å². The van der Waals surface area contributed by atoms with E-state index in [4.69, 9.17) is 4.98 Å². The molecule has 0 saturated carbocycles. The van der Waals surface area contributed by atoms with Gasteiger partial charge in [0.15, 0.2) is 0 Å². The molecule has 0 saturated heterocycles. The van der Waals surface area contributed by atoms with Gasteiger partial charge in [-0.2, -0.15) is 0 Å². The molecule has 5 rings (SSSR count). The van der Waals surface area contributed by atoms with Crippen LogP contribution in [0.2, 0.25) is 0 Å². The van der Waals surface area contributed by atoms with Crippen LogP contribution < -0.4 is 0 Å². The Bertz CT molecular complexity index is 1210. The van der Waals surface area contributed by atoms with Crippen molar-refractivity contribution in [2.75, 3.05) is 0 Å². The van der Waals surface area contributed by atoms with Crippen LogP contribution in [0.3, 0.4) is 0 Å². The fraction of sp³-hybridized carbons (Fsp3) is 0.0741. The molecule has 0 aliphatic rings. The summed E-state index contributed by atoms with van der Waals surface area (Å²) >= 11 is 0. The number of H-pyrrole nitrogens is 1. The first-order valence-electron chi connectivity index (χ1n) is 10.1. The topological polar surface area (TPSA) is 28.7 Å². The third-order valence-corrected chi connectivity index (χ3v) is 5.42. The minimum Gasteiger partial charge on any atom is -0.337 e. The molecule has 0 bridgehead atoms. The van der Waals surface area contributed by atoms with E-state index in [1.807, 2.05) is 12.1 Å². The van der Waals surface area contributed by atoms with Crippen molar-refractivity contribution in [1.82, 2.24) is 9.97 Å². The minimum absolute atomic E-state index is 0.901. The van der Waals surface area contributed by atoms with Crippen LogP contribution in [0.1, 0.15) is 12.5 Å². The van der Waals surface area contributed by atoms with E-state index in [9.17, 15) is 0 Å². The number of nitrogens with zero attached hydrogens (tertiary/aromatic N) is 1. The molecule has 2 heteroatoms. The van der Waals surface area contributed by atoms with Crippen molar-refractivity contribution in [1.29, 1.82) is 0 Å². The Labute approximate surface area is 170 Å². The van der Waals surface area contributed by atoms with Crippen LogP contribution in [0.25, 0.3) is 44.7 Å². The van der Waals surface area contributed by atoms with Gasteiger partial charge in [0.25, 0.3) is 0 Å². The molecule has 0 aliphatic heterocycles. The summed E-state index contributed by atoms with van der Waals surface area (Å²) in [6.07, 6.45) is 1.04. The number of hydrogen-bond acceptors (Lipinski definition) is 1. The Morgan fingerprint density at radius 1 is 0.724 bits per heavy atom. The predicted octanol–water partition coefficient (Wildman–Crippen LogP) is 7.13. The zero-order valence-electron chi connectivity index (χ0n) is 16.4. The van der Waals surface area contributed by atoms with Gasteiger partial charge in [-0.1, -0.05) is 104 Å². The van der Waals surface area contributed by atoms with Crippen LogP contribution in [-0.4, -0.2) is 9.97 Å². The third kappa shape index (κ3) is 3.23. The Morgan fingerprint density at radius 3 is 2.17 bits per heavy atom. The number of aryl methyl sites for hydroxylation is 1. The fourth-order valence-corrected chi connectivity index (χ4v) is 3.88. The zero-order valence-corrected chi connectivity index (χ0v) is 16.4. The van der Waals surface area contributed by atoms with Crippen LogP contribution in [0.15, 0.2) is 97.1 Å². The summed E-state index contributed by atoms with van der Waals surface area (Å²) in [6, 6.07) is 34.0. The summed E-state index contributed by atoms with van der Waals surface area (Å²) in [5, 5.41) is 2.47. The molecule has 0 unspecified atom stereocenters. The molecule has 0 aliphatic carbocycles. The molecule has 1 heterocycles. The average Bonchev–Trinajstić information content (AvgIpc) is 3.25. The van der Waals surface area contributed by atoms with Crippen molar-refractivity contribution in [3.05, 3.63) is 103 Å². The summed E-state index contributed by atoms with van der Waals surface area (Å²) in [7, 11) is 0. The van der Waals surface area contributed by atoms with Crippen molar-refractivity contribution < 1.29 is 0 Å². The number of nitrogens with one attached hydrogen (secondary N) is 1. The third-order valence-electron chi connectivity index (χ3n) is 5.42. The summed E-state index contributed by atoms with van der Waals surface area (Å²) < 4.78 is 0. The lowest BCUT2D eigenvalue weighted by atomic mass is 10.0. The van der Waals surface area contributed by atoms with E-state index >= 15 is 0 Å². The van der Waals surface area contributed by atoms with Gasteiger partial charge in [0, 0.05) is 16.7 Å². The quantitative estimate of drug-likeness (QED) is 0.356. The van der Waals surface area contributed by atoms with Gasteiger partial charge in [-0.3, -0.25) is 0 Å². The Morgan fingerprint density at radius 2 is 1.45 bits per heavy atom. The summed E-state index contributed by atoms with van der Waals surface area (Å²) in [4.78, 5) is 8.69. The molecule has 5 aromatic rings. The maximum Gasteiger partial charge on any atom is 0.139 e. The molecule has 2 nitrogen and oxygen atoms in total. The lowest BCUT2D eigenvalue weighted by Crippen LogP contribution is -1.86. The van der Waals surface area contributed by atoms with Crippen LogP contribution in [-0.2, 0) is 6.42 Å².